The summed E-state index contributed by atoms with van der Waals surface area (Å²) in [5.41, 5.74) is 10.8. The third-order valence-corrected chi connectivity index (χ3v) is 13.6. The molecule has 0 radical (unpaired) electrons. The molecule has 57 heavy (non-hydrogen) atoms. The number of nitrogens with zero attached hydrogens (tertiary/aromatic N) is 3. The predicted octanol–water partition coefficient (Wildman–Crippen LogP) is 15.0. The van der Waals surface area contributed by atoms with E-state index in [0.717, 1.165) is 39.3 Å². The molecule has 4 heterocycles. The molecule has 4 aromatic heterocycles. The van der Waals surface area contributed by atoms with Crippen molar-refractivity contribution < 1.29 is 0 Å². The summed E-state index contributed by atoms with van der Waals surface area (Å²) < 4.78 is 7.69. The topological polar surface area (TPSA) is 30.7 Å². The van der Waals surface area contributed by atoms with Crippen LogP contribution in [0.2, 0.25) is 0 Å². The Hall–Kier alpha value is -6.92. The van der Waals surface area contributed by atoms with Crippen LogP contribution >= 0.6 is 22.7 Å². The van der Waals surface area contributed by atoms with E-state index in [9.17, 15) is 0 Å². The lowest BCUT2D eigenvalue weighted by Crippen LogP contribution is -1.97. The molecule has 0 aliphatic rings. The first-order valence-electron chi connectivity index (χ1n) is 19.1. The van der Waals surface area contributed by atoms with Gasteiger partial charge in [0.1, 0.15) is 0 Å². The number of rotatable bonds is 5. The number of hydrogen-bond acceptors (Lipinski definition) is 4. The zero-order chi connectivity index (χ0) is 37.5. The van der Waals surface area contributed by atoms with Crippen molar-refractivity contribution in [2.24, 2.45) is 0 Å². The highest BCUT2D eigenvalue weighted by Gasteiger charge is 2.20. The third-order valence-electron chi connectivity index (χ3n) is 11.2. The molecule has 0 saturated heterocycles. The van der Waals surface area contributed by atoms with Gasteiger partial charge in [0, 0.05) is 79.1 Å². The second-order valence-corrected chi connectivity index (χ2v) is 16.6. The highest BCUT2D eigenvalue weighted by molar-refractivity contribution is 7.27. The molecule has 266 valence electrons. The molecular weight excluding hydrogens is 731 g/mol. The van der Waals surface area contributed by atoms with E-state index in [0.29, 0.717) is 5.82 Å². The Bertz CT molecular complexity index is 3460. The summed E-state index contributed by atoms with van der Waals surface area (Å²) >= 11 is 3.76. The van der Waals surface area contributed by atoms with Crippen molar-refractivity contribution in [1.29, 1.82) is 0 Å². The molecular formula is C52H31N3S2. The van der Waals surface area contributed by atoms with Crippen molar-refractivity contribution >= 4 is 84.8 Å². The molecule has 0 amide bonds. The van der Waals surface area contributed by atoms with Crippen LogP contribution in [-0.2, 0) is 0 Å². The molecule has 0 aliphatic heterocycles. The minimum absolute atomic E-state index is 0.704. The molecule has 0 atom stereocenters. The first kappa shape index (κ1) is 32.3. The van der Waals surface area contributed by atoms with Gasteiger partial charge in [-0.2, -0.15) is 0 Å². The molecule has 0 fully saturated rings. The first-order valence-corrected chi connectivity index (χ1v) is 20.8. The Balaban J connectivity index is 1.10. The van der Waals surface area contributed by atoms with Crippen LogP contribution in [0, 0.1) is 0 Å². The zero-order valence-corrected chi connectivity index (χ0v) is 32.2. The molecule has 0 N–H and O–H groups in total. The van der Waals surface area contributed by atoms with Crippen LogP contribution in [0.15, 0.2) is 188 Å². The number of hydrogen-bond donors (Lipinski definition) is 0. The number of thiophene rings is 2. The van der Waals surface area contributed by atoms with E-state index >= 15 is 0 Å². The third kappa shape index (κ3) is 5.17. The number of fused-ring (bicyclic) bond motifs is 10. The van der Waals surface area contributed by atoms with Gasteiger partial charge in [-0.25, -0.2) is 9.97 Å². The van der Waals surface area contributed by atoms with Crippen LogP contribution < -0.4 is 0 Å². The molecule has 5 heteroatoms. The average molecular weight is 762 g/mol. The van der Waals surface area contributed by atoms with Gasteiger partial charge in [0.15, 0.2) is 5.82 Å². The molecule has 0 spiro atoms. The summed E-state index contributed by atoms with van der Waals surface area (Å²) in [4.78, 5) is 10.4. The lowest BCUT2D eigenvalue weighted by Gasteiger charge is -2.14. The van der Waals surface area contributed by atoms with Crippen molar-refractivity contribution in [3.05, 3.63) is 188 Å². The van der Waals surface area contributed by atoms with Gasteiger partial charge >= 0.3 is 0 Å². The van der Waals surface area contributed by atoms with E-state index in [1.807, 2.05) is 34.8 Å². The lowest BCUT2D eigenvalue weighted by molar-refractivity contribution is 1.18. The number of aromatic nitrogens is 3. The molecule has 0 unspecified atom stereocenters. The molecule has 12 aromatic rings. The maximum Gasteiger partial charge on any atom is 0.160 e. The lowest BCUT2D eigenvalue weighted by atomic mass is 9.99. The van der Waals surface area contributed by atoms with Gasteiger partial charge < -0.3 is 4.57 Å². The normalized spacial score (nSPS) is 11.9. The van der Waals surface area contributed by atoms with Crippen LogP contribution in [-0.4, -0.2) is 14.5 Å². The van der Waals surface area contributed by atoms with E-state index in [1.165, 1.54) is 67.7 Å². The van der Waals surface area contributed by atoms with Crippen molar-refractivity contribution in [2.45, 2.75) is 0 Å². The van der Waals surface area contributed by atoms with E-state index in [4.69, 9.17) is 9.97 Å². The fraction of sp³-hybridized carbons (Fsp3) is 0. The van der Waals surface area contributed by atoms with Gasteiger partial charge in [0.05, 0.1) is 22.4 Å². The number of benzene rings is 8. The van der Waals surface area contributed by atoms with E-state index in [2.05, 4.69) is 180 Å². The predicted molar refractivity (Wildman–Crippen MR) is 244 cm³/mol. The molecule has 0 bridgehead atoms. The minimum atomic E-state index is 0.704. The fourth-order valence-corrected chi connectivity index (χ4v) is 11.1. The SMILES string of the molecule is c1ccc(-c2cc(-c3ccccc3)nc(-c3cccc(-c4cc(-n5c6ccccc6c6c7sc8ccccc8c7ccc65)cc5c4sc4ccccc45)c3)n2)cc1. The average Bonchev–Trinajstić information content (AvgIpc) is 3.96. The Morgan fingerprint density at radius 1 is 0.368 bits per heavy atom. The summed E-state index contributed by atoms with van der Waals surface area (Å²) in [5.74, 6) is 0.704. The van der Waals surface area contributed by atoms with Gasteiger partial charge in [-0.05, 0) is 54.1 Å². The zero-order valence-electron chi connectivity index (χ0n) is 30.6. The van der Waals surface area contributed by atoms with Gasteiger partial charge in [-0.3, -0.25) is 0 Å². The smallest absolute Gasteiger partial charge is 0.160 e. The van der Waals surface area contributed by atoms with Gasteiger partial charge in [-0.1, -0.05) is 140 Å². The molecule has 8 aromatic carbocycles. The van der Waals surface area contributed by atoms with Crippen molar-refractivity contribution in [1.82, 2.24) is 14.5 Å². The molecule has 0 aliphatic carbocycles. The Labute approximate surface area is 336 Å². The minimum Gasteiger partial charge on any atom is -0.309 e. The highest BCUT2D eigenvalue weighted by atomic mass is 32.1. The summed E-state index contributed by atoms with van der Waals surface area (Å²) in [6.07, 6.45) is 0. The van der Waals surface area contributed by atoms with Crippen LogP contribution in [0.3, 0.4) is 0 Å². The van der Waals surface area contributed by atoms with Crippen LogP contribution in [0.5, 0.6) is 0 Å². The summed E-state index contributed by atoms with van der Waals surface area (Å²) in [7, 11) is 0. The Kier molecular flexibility index (Phi) is 7.27. The van der Waals surface area contributed by atoms with Crippen molar-refractivity contribution in [3.8, 4) is 50.7 Å². The maximum absolute atomic E-state index is 5.19. The Morgan fingerprint density at radius 2 is 0.947 bits per heavy atom. The standard InChI is InChI=1S/C52H31N3S2/c1-3-14-32(15-4-1)43-31-44(33-16-5-2-6-17-33)54-52(53-43)35-19-13-18-34(28-35)41-29-36(30-42-38-21-9-12-25-48(38)56-50(41)42)55-45-23-10-7-22-40(45)49-46(55)27-26-39-37-20-8-11-24-47(37)57-51(39)49/h1-31H. The van der Waals surface area contributed by atoms with Crippen LogP contribution in [0.4, 0.5) is 0 Å². The van der Waals surface area contributed by atoms with E-state index in [-0.39, 0.29) is 0 Å². The second-order valence-electron chi connectivity index (χ2n) is 14.5. The molecule has 12 rings (SSSR count). The van der Waals surface area contributed by atoms with Gasteiger partial charge in [-0.15, -0.1) is 22.7 Å². The summed E-state index contributed by atoms with van der Waals surface area (Å²) in [6.45, 7) is 0. The monoisotopic (exact) mass is 761 g/mol. The maximum atomic E-state index is 5.19. The van der Waals surface area contributed by atoms with Crippen LogP contribution in [0.25, 0.3) is 113 Å². The van der Waals surface area contributed by atoms with Gasteiger partial charge in [0.25, 0.3) is 0 Å². The molecule has 0 saturated carbocycles. The number of para-hydroxylation sites is 1. The summed E-state index contributed by atoms with van der Waals surface area (Å²) in [6, 6.07) is 67.6. The Morgan fingerprint density at radius 3 is 1.67 bits per heavy atom. The van der Waals surface area contributed by atoms with Crippen molar-refractivity contribution in [3.63, 3.8) is 0 Å². The quantitative estimate of drug-likeness (QED) is 0.175. The van der Waals surface area contributed by atoms with Gasteiger partial charge in [0.2, 0.25) is 0 Å². The van der Waals surface area contributed by atoms with E-state index < -0.39 is 0 Å². The highest BCUT2D eigenvalue weighted by Crippen LogP contribution is 2.46. The first-order chi connectivity index (χ1) is 28.2. The fourth-order valence-electron chi connectivity index (χ4n) is 8.58. The summed E-state index contributed by atoms with van der Waals surface area (Å²) in [5, 5.41) is 7.75. The molecule has 3 nitrogen and oxygen atoms in total. The van der Waals surface area contributed by atoms with E-state index in [1.54, 1.807) is 0 Å². The van der Waals surface area contributed by atoms with Crippen molar-refractivity contribution in [2.75, 3.05) is 0 Å². The van der Waals surface area contributed by atoms with Crippen LogP contribution in [0.1, 0.15) is 0 Å². The largest absolute Gasteiger partial charge is 0.309 e. The second kappa shape index (κ2) is 12.8.